The van der Waals surface area contributed by atoms with E-state index in [1.54, 1.807) is 6.20 Å². The number of rotatable bonds is 4. The van der Waals surface area contributed by atoms with E-state index in [2.05, 4.69) is 36.4 Å². The number of benzene rings is 1. The van der Waals surface area contributed by atoms with Gasteiger partial charge in [0.2, 0.25) is 5.91 Å². The summed E-state index contributed by atoms with van der Waals surface area (Å²) in [4.78, 5) is 12.3. The molecule has 0 saturated heterocycles. The van der Waals surface area contributed by atoms with Crippen molar-refractivity contribution in [3.05, 3.63) is 47.2 Å². The summed E-state index contributed by atoms with van der Waals surface area (Å²) in [7, 11) is 0. The smallest absolute Gasteiger partial charge is 0.229 e. The van der Waals surface area contributed by atoms with Crippen LogP contribution in [0, 0.1) is 13.8 Å². The van der Waals surface area contributed by atoms with Crippen molar-refractivity contribution < 1.29 is 4.79 Å². The molecule has 1 amide bonds. The van der Waals surface area contributed by atoms with E-state index in [0.717, 1.165) is 24.2 Å². The highest BCUT2D eigenvalue weighted by Crippen LogP contribution is 2.31. The first-order valence-electron chi connectivity index (χ1n) is 8.03. The van der Waals surface area contributed by atoms with E-state index in [0.29, 0.717) is 12.5 Å². The molecule has 0 aliphatic heterocycles. The summed E-state index contributed by atoms with van der Waals surface area (Å²) in [5, 5.41) is 7.40. The summed E-state index contributed by atoms with van der Waals surface area (Å²) in [6.07, 6.45) is 6.98. The Morgan fingerprint density at radius 1 is 1.23 bits per heavy atom. The van der Waals surface area contributed by atoms with E-state index < -0.39 is 0 Å². The van der Waals surface area contributed by atoms with Gasteiger partial charge in [0, 0.05) is 6.07 Å². The molecule has 116 valence electrons. The number of aromatic nitrogens is 2. The molecule has 2 aromatic rings. The van der Waals surface area contributed by atoms with Crippen molar-refractivity contribution in [2.24, 2.45) is 0 Å². The fourth-order valence-corrected chi connectivity index (χ4v) is 3.14. The van der Waals surface area contributed by atoms with Gasteiger partial charge in [0.15, 0.2) is 0 Å². The van der Waals surface area contributed by atoms with Crippen molar-refractivity contribution in [2.75, 3.05) is 5.32 Å². The lowest BCUT2D eigenvalue weighted by Crippen LogP contribution is -2.19. The highest BCUT2D eigenvalue weighted by Gasteiger charge is 2.20. The van der Waals surface area contributed by atoms with Gasteiger partial charge in [-0.3, -0.25) is 4.79 Å². The van der Waals surface area contributed by atoms with Gasteiger partial charge in [-0.1, -0.05) is 31.0 Å². The third-order valence-corrected chi connectivity index (χ3v) is 4.54. The third-order valence-electron chi connectivity index (χ3n) is 4.54. The molecule has 1 aliphatic rings. The van der Waals surface area contributed by atoms with E-state index in [4.69, 9.17) is 0 Å². The molecule has 4 heteroatoms. The molecule has 0 radical (unpaired) electrons. The summed E-state index contributed by atoms with van der Waals surface area (Å²) in [6, 6.07) is 8.50. The first-order valence-corrected chi connectivity index (χ1v) is 8.03. The Balaban J connectivity index is 1.67. The standard InChI is InChI=1S/C18H23N3O/c1-13-7-8-15(11-14(13)2)12-18(22)20-17-9-10-19-21(17)16-5-3-4-6-16/h7-11,16H,3-6,12H2,1-2H3,(H,20,22). The molecule has 22 heavy (non-hydrogen) atoms. The zero-order valence-electron chi connectivity index (χ0n) is 13.3. The van der Waals surface area contributed by atoms with E-state index in [9.17, 15) is 4.79 Å². The molecule has 0 spiro atoms. The van der Waals surface area contributed by atoms with Crippen molar-refractivity contribution in [3.8, 4) is 0 Å². The molecule has 0 atom stereocenters. The second-order valence-electron chi connectivity index (χ2n) is 6.24. The molecule has 1 aromatic carbocycles. The summed E-state index contributed by atoms with van der Waals surface area (Å²) >= 11 is 0. The average molecular weight is 297 g/mol. The highest BCUT2D eigenvalue weighted by atomic mass is 16.1. The summed E-state index contributed by atoms with van der Waals surface area (Å²) < 4.78 is 1.98. The number of carbonyl (C=O) groups is 1. The van der Waals surface area contributed by atoms with Crippen LogP contribution in [0.1, 0.15) is 48.4 Å². The van der Waals surface area contributed by atoms with Crippen LogP contribution in [0.4, 0.5) is 5.82 Å². The van der Waals surface area contributed by atoms with E-state index in [1.165, 1.54) is 24.0 Å². The van der Waals surface area contributed by atoms with Gasteiger partial charge >= 0.3 is 0 Å². The van der Waals surface area contributed by atoms with E-state index in [-0.39, 0.29) is 5.91 Å². The molecule has 1 saturated carbocycles. The second kappa shape index (κ2) is 6.34. The molecular weight excluding hydrogens is 274 g/mol. The highest BCUT2D eigenvalue weighted by molar-refractivity contribution is 5.91. The monoisotopic (exact) mass is 297 g/mol. The minimum Gasteiger partial charge on any atom is -0.311 e. The second-order valence-corrected chi connectivity index (χ2v) is 6.24. The van der Waals surface area contributed by atoms with Gasteiger partial charge in [-0.2, -0.15) is 5.10 Å². The van der Waals surface area contributed by atoms with Crippen LogP contribution in [0.3, 0.4) is 0 Å². The number of nitrogens with one attached hydrogen (secondary N) is 1. The van der Waals surface area contributed by atoms with Gasteiger partial charge in [0.25, 0.3) is 0 Å². The van der Waals surface area contributed by atoms with Gasteiger partial charge in [0.1, 0.15) is 5.82 Å². The molecule has 0 unspecified atom stereocenters. The molecule has 1 aromatic heterocycles. The largest absolute Gasteiger partial charge is 0.311 e. The number of hydrogen-bond donors (Lipinski definition) is 1. The number of aryl methyl sites for hydroxylation is 2. The van der Waals surface area contributed by atoms with Gasteiger partial charge < -0.3 is 5.32 Å². The molecular formula is C18H23N3O. The van der Waals surface area contributed by atoms with Crippen LogP contribution in [0.5, 0.6) is 0 Å². The number of amides is 1. The van der Waals surface area contributed by atoms with Crippen LogP contribution in [-0.4, -0.2) is 15.7 Å². The maximum atomic E-state index is 12.3. The van der Waals surface area contributed by atoms with Crippen LogP contribution in [0.15, 0.2) is 30.5 Å². The summed E-state index contributed by atoms with van der Waals surface area (Å²) in [5.41, 5.74) is 3.53. The quantitative estimate of drug-likeness (QED) is 0.933. The van der Waals surface area contributed by atoms with Crippen LogP contribution in [-0.2, 0) is 11.2 Å². The average Bonchev–Trinajstić information content (AvgIpc) is 3.13. The molecule has 1 fully saturated rings. The fourth-order valence-electron chi connectivity index (χ4n) is 3.14. The normalized spacial score (nSPS) is 15.2. The van der Waals surface area contributed by atoms with Crippen LogP contribution < -0.4 is 5.32 Å². The topological polar surface area (TPSA) is 46.9 Å². The predicted octanol–water partition coefficient (Wildman–Crippen LogP) is 3.80. The van der Waals surface area contributed by atoms with Crippen molar-refractivity contribution in [2.45, 2.75) is 52.0 Å². The lowest BCUT2D eigenvalue weighted by molar-refractivity contribution is -0.115. The molecule has 4 nitrogen and oxygen atoms in total. The van der Waals surface area contributed by atoms with Crippen molar-refractivity contribution in [1.29, 1.82) is 0 Å². The molecule has 1 aliphatic carbocycles. The predicted molar refractivity (Wildman–Crippen MR) is 88.0 cm³/mol. The molecule has 1 heterocycles. The number of anilines is 1. The maximum Gasteiger partial charge on any atom is 0.229 e. The summed E-state index contributed by atoms with van der Waals surface area (Å²) in [5.74, 6) is 0.837. The summed E-state index contributed by atoms with van der Waals surface area (Å²) in [6.45, 7) is 4.16. The van der Waals surface area contributed by atoms with Crippen molar-refractivity contribution >= 4 is 11.7 Å². The Hall–Kier alpha value is -2.10. The lowest BCUT2D eigenvalue weighted by atomic mass is 10.0. The maximum absolute atomic E-state index is 12.3. The molecule has 0 bridgehead atoms. The first kappa shape index (κ1) is 14.8. The van der Waals surface area contributed by atoms with Gasteiger partial charge in [0.05, 0.1) is 18.7 Å². The fraction of sp³-hybridized carbons (Fsp3) is 0.444. The number of carbonyl (C=O) groups excluding carboxylic acids is 1. The Labute approximate surface area is 131 Å². The van der Waals surface area contributed by atoms with Gasteiger partial charge in [-0.05, 0) is 43.4 Å². The minimum absolute atomic E-state index is 0.0167. The zero-order chi connectivity index (χ0) is 15.5. The van der Waals surface area contributed by atoms with Crippen LogP contribution in [0.25, 0.3) is 0 Å². The lowest BCUT2D eigenvalue weighted by Gasteiger charge is -2.14. The van der Waals surface area contributed by atoms with Gasteiger partial charge in [-0.25, -0.2) is 4.68 Å². The Bertz CT molecular complexity index is 669. The zero-order valence-corrected chi connectivity index (χ0v) is 13.3. The molecule has 3 rings (SSSR count). The molecule has 1 N–H and O–H groups in total. The van der Waals surface area contributed by atoms with Crippen LogP contribution >= 0.6 is 0 Å². The van der Waals surface area contributed by atoms with Crippen LogP contribution in [0.2, 0.25) is 0 Å². The Morgan fingerprint density at radius 3 is 2.73 bits per heavy atom. The van der Waals surface area contributed by atoms with E-state index in [1.807, 2.05) is 16.8 Å². The Kier molecular flexibility index (Phi) is 4.27. The number of nitrogens with zero attached hydrogens (tertiary/aromatic N) is 2. The minimum atomic E-state index is 0.0167. The first-order chi connectivity index (χ1) is 10.6. The van der Waals surface area contributed by atoms with Gasteiger partial charge in [-0.15, -0.1) is 0 Å². The SMILES string of the molecule is Cc1ccc(CC(=O)Nc2ccnn2C2CCCC2)cc1C. The Morgan fingerprint density at radius 2 is 2.00 bits per heavy atom. The van der Waals surface area contributed by atoms with Crippen molar-refractivity contribution in [1.82, 2.24) is 9.78 Å². The van der Waals surface area contributed by atoms with Crippen molar-refractivity contribution in [3.63, 3.8) is 0 Å². The third kappa shape index (κ3) is 3.21. The number of hydrogen-bond acceptors (Lipinski definition) is 2. The van der Waals surface area contributed by atoms with E-state index >= 15 is 0 Å².